The zero-order valence-electron chi connectivity index (χ0n) is 27.4. The molecule has 0 spiro atoms. The molecule has 0 aliphatic carbocycles. The number of hydrogen-bond donors (Lipinski definition) is 0. The van der Waals surface area contributed by atoms with E-state index < -0.39 is 11.0 Å². The van der Waals surface area contributed by atoms with Gasteiger partial charge >= 0.3 is 0 Å². The van der Waals surface area contributed by atoms with Crippen LogP contribution in [0.15, 0.2) is 95.9 Å². The van der Waals surface area contributed by atoms with E-state index in [1.165, 1.54) is 41.9 Å². The second-order valence-corrected chi connectivity index (χ2v) is 12.4. The molecular weight excluding hydrogens is 612 g/mol. The summed E-state index contributed by atoms with van der Waals surface area (Å²) < 4.78 is 22.4. The summed E-state index contributed by atoms with van der Waals surface area (Å²) in [5.74, 6) is 2.35. The standard InChI is InChI=1S/C38H42N2O6S/c1-5-33(28-9-7-6-8-10-28)38(30-13-17-32(18-14-30)47-24-21-39-19-22-45-23-20-39)29-11-15-31(16-12-29)46-27(2)34-25-36(43-3)37(44-4)26-35(34)40(41)42/h6-18,25-27H,5,19-24H2,1-4H3/b38-33-. The maximum atomic E-state index is 11.9. The Morgan fingerprint density at radius 1 is 0.894 bits per heavy atom. The number of methoxy groups -OCH3 is 2. The summed E-state index contributed by atoms with van der Waals surface area (Å²) in [5.41, 5.74) is 6.12. The lowest BCUT2D eigenvalue weighted by atomic mass is 9.88. The van der Waals surface area contributed by atoms with Crippen LogP contribution in [0.2, 0.25) is 0 Å². The molecule has 0 saturated carbocycles. The third-order valence-electron chi connectivity index (χ3n) is 8.32. The average molecular weight is 655 g/mol. The van der Waals surface area contributed by atoms with Gasteiger partial charge in [-0.1, -0.05) is 61.5 Å². The Balaban J connectivity index is 1.40. The monoisotopic (exact) mass is 654 g/mol. The quantitative estimate of drug-likeness (QED) is 0.0579. The summed E-state index contributed by atoms with van der Waals surface area (Å²) in [4.78, 5) is 15.2. The van der Waals surface area contributed by atoms with Crippen LogP contribution in [0.1, 0.15) is 48.6 Å². The number of thioether (sulfide) groups is 1. The lowest BCUT2D eigenvalue weighted by Crippen LogP contribution is -2.37. The topological polar surface area (TPSA) is 83.3 Å². The Kier molecular flexibility index (Phi) is 11.9. The largest absolute Gasteiger partial charge is 0.493 e. The molecule has 0 aromatic heterocycles. The van der Waals surface area contributed by atoms with E-state index in [4.69, 9.17) is 18.9 Å². The summed E-state index contributed by atoms with van der Waals surface area (Å²) in [7, 11) is 2.95. The summed E-state index contributed by atoms with van der Waals surface area (Å²) >= 11 is 1.88. The van der Waals surface area contributed by atoms with Crippen LogP contribution in [-0.2, 0) is 4.74 Å². The number of ether oxygens (including phenoxy) is 4. The van der Waals surface area contributed by atoms with E-state index in [1.54, 1.807) is 13.0 Å². The maximum absolute atomic E-state index is 11.9. The van der Waals surface area contributed by atoms with Crippen LogP contribution in [0.25, 0.3) is 11.1 Å². The first-order valence-electron chi connectivity index (χ1n) is 15.9. The van der Waals surface area contributed by atoms with Gasteiger partial charge in [-0.05, 0) is 71.5 Å². The molecule has 246 valence electrons. The Bertz CT molecular complexity index is 1650. The predicted molar refractivity (Wildman–Crippen MR) is 189 cm³/mol. The molecule has 5 rings (SSSR count). The molecule has 8 nitrogen and oxygen atoms in total. The van der Waals surface area contributed by atoms with Gasteiger partial charge < -0.3 is 18.9 Å². The molecule has 1 aliphatic heterocycles. The molecule has 0 bridgehead atoms. The van der Waals surface area contributed by atoms with Crippen LogP contribution in [0.4, 0.5) is 5.69 Å². The summed E-state index contributed by atoms with van der Waals surface area (Å²) in [6.07, 6.45) is 0.244. The molecular formula is C38H42N2O6S. The lowest BCUT2D eigenvalue weighted by Gasteiger charge is -2.26. The van der Waals surface area contributed by atoms with Gasteiger partial charge in [0.1, 0.15) is 11.9 Å². The average Bonchev–Trinajstić information content (AvgIpc) is 3.11. The van der Waals surface area contributed by atoms with Gasteiger partial charge in [0.05, 0.1) is 44.0 Å². The lowest BCUT2D eigenvalue weighted by molar-refractivity contribution is -0.386. The van der Waals surface area contributed by atoms with E-state index in [1.807, 2.05) is 30.0 Å². The molecule has 1 unspecified atom stereocenters. The van der Waals surface area contributed by atoms with E-state index in [9.17, 15) is 10.1 Å². The number of nitro benzene ring substituents is 1. The number of rotatable bonds is 14. The molecule has 4 aromatic rings. The van der Waals surface area contributed by atoms with Crippen LogP contribution < -0.4 is 14.2 Å². The van der Waals surface area contributed by atoms with Crippen molar-refractivity contribution in [3.05, 3.63) is 123 Å². The number of benzene rings is 4. The molecule has 9 heteroatoms. The summed E-state index contributed by atoms with van der Waals surface area (Å²) in [6, 6.07) is 30.3. The van der Waals surface area contributed by atoms with Crippen molar-refractivity contribution in [2.24, 2.45) is 0 Å². The van der Waals surface area contributed by atoms with Gasteiger partial charge in [0.15, 0.2) is 11.5 Å². The predicted octanol–water partition coefficient (Wildman–Crippen LogP) is 8.55. The van der Waals surface area contributed by atoms with E-state index >= 15 is 0 Å². The molecule has 0 N–H and O–H groups in total. The zero-order chi connectivity index (χ0) is 33.2. The summed E-state index contributed by atoms with van der Waals surface area (Å²) in [6.45, 7) is 8.69. The van der Waals surface area contributed by atoms with Gasteiger partial charge in [-0.15, -0.1) is 11.8 Å². The fourth-order valence-electron chi connectivity index (χ4n) is 5.85. The fourth-order valence-corrected chi connectivity index (χ4v) is 6.76. The van der Waals surface area contributed by atoms with Gasteiger partial charge in [0.2, 0.25) is 0 Å². The first-order chi connectivity index (χ1) is 22.9. The minimum Gasteiger partial charge on any atom is -0.493 e. The highest BCUT2D eigenvalue weighted by Crippen LogP contribution is 2.40. The van der Waals surface area contributed by atoms with Crippen molar-refractivity contribution in [3.63, 3.8) is 0 Å². The number of nitrogens with zero attached hydrogens (tertiary/aromatic N) is 2. The van der Waals surface area contributed by atoms with Gasteiger partial charge in [0, 0.05) is 30.3 Å². The number of allylic oxidation sites excluding steroid dienone is 1. The van der Waals surface area contributed by atoms with E-state index in [2.05, 4.69) is 72.5 Å². The Hall–Kier alpha value is -4.31. The molecule has 1 fully saturated rings. The van der Waals surface area contributed by atoms with Gasteiger partial charge in [-0.3, -0.25) is 15.0 Å². The van der Waals surface area contributed by atoms with E-state index in [0.29, 0.717) is 22.8 Å². The first kappa shape index (κ1) is 34.0. The van der Waals surface area contributed by atoms with Crippen molar-refractivity contribution < 1.29 is 23.9 Å². The molecule has 1 aliphatic rings. The highest BCUT2D eigenvalue weighted by Gasteiger charge is 2.25. The Morgan fingerprint density at radius 3 is 2.11 bits per heavy atom. The second-order valence-electron chi connectivity index (χ2n) is 11.2. The molecule has 1 saturated heterocycles. The number of nitro groups is 1. The maximum Gasteiger partial charge on any atom is 0.280 e. The normalized spacial score (nSPS) is 14.6. The fraction of sp³-hybridized carbons (Fsp3) is 0.316. The highest BCUT2D eigenvalue weighted by molar-refractivity contribution is 7.99. The van der Waals surface area contributed by atoms with Crippen LogP contribution in [0, 0.1) is 10.1 Å². The molecule has 1 atom stereocenters. The Labute approximate surface area is 281 Å². The number of morpholine rings is 1. The highest BCUT2D eigenvalue weighted by atomic mass is 32.2. The van der Waals surface area contributed by atoms with Crippen molar-refractivity contribution in [2.75, 3.05) is 52.8 Å². The van der Waals surface area contributed by atoms with Crippen molar-refractivity contribution in [2.45, 2.75) is 31.3 Å². The first-order valence-corrected chi connectivity index (χ1v) is 16.9. The zero-order valence-corrected chi connectivity index (χ0v) is 28.3. The molecule has 47 heavy (non-hydrogen) atoms. The summed E-state index contributed by atoms with van der Waals surface area (Å²) in [5, 5.41) is 11.9. The molecule has 0 radical (unpaired) electrons. The molecule has 1 heterocycles. The van der Waals surface area contributed by atoms with E-state index in [0.717, 1.165) is 56.1 Å². The minimum atomic E-state index is -0.611. The van der Waals surface area contributed by atoms with Crippen molar-refractivity contribution in [1.82, 2.24) is 4.90 Å². The van der Waals surface area contributed by atoms with Gasteiger partial charge in [-0.25, -0.2) is 0 Å². The smallest absolute Gasteiger partial charge is 0.280 e. The van der Waals surface area contributed by atoms with Crippen molar-refractivity contribution in [3.8, 4) is 17.2 Å². The van der Waals surface area contributed by atoms with Crippen molar-refractivity contribution in [1.29, 1.82) is 0 Å². The molecule has 0 amide bonds. The van der Waals surface area contributed by atoms with Gasteiger partial charge in [-0.2, -0.15) is 0 Å². The van der Waals surface area contributed by atoms with Crippen molar-refractivity contribution >= 4 is 28.6 Å². The van der Waals surface area contributed by atoms with Crippen LogP contribution >= 0.6 is 11.8 Å². The Morgan fingerprint density at radius 2 is 1.51 bits per heavy atom. The SMILES string of the molecule is CC/C(=C(\c1ccc(OC(C)c2cc(OC)c(OC)cc2[N+](=O)[O-])cc1)c1ccc(SCCN2CCOCC2)cc1)c1ccccc1. The second kappa shape index (κ2) is 16.5. The van der Waals surface area contributed by atoms with E-state index in [-0.39, 0.29) is 5.69 Å². The van der Waals surface area contributed by atoms with Crippen LogP contribution in [0.3, 0.4) is 0 Å². The van der Waals surface area contributed by atoms with Gasteiger partial charge in [0.25, 0.3) is 5.69 Å². The number of hydrogen-bond acceptors (Lipinski definition) is 8. The van der Waals surface area contributed by atoms with Crippen LogP contribution in [0.5, 0.6) is 17.2 Å². The minimum absolute atomic E-state index is 0.0878. The third kappa shape index (κ3) is 8.54. The van der Waals surface area contributed by atoms with Crippen LogP contribution in [-0.4, -0.2) is 62.6 Å². The molecule has 4 aromatic carbocycles. The third-order valence-corrected chi connectivity index (χ3v) is 9.32.